The molecule has 0 saturated carbocycles. The number of hydrogen-bond acceptors (Lipinski definition) is 4. The number of nitrogens with one attached hydrogen (secondary N) is 1. The zero-order chi connectivity index (χ0) is 11.5. The molecule has 0 spiro atoms. The summed E-state index contributed by atoms with van der Waals surface area (Å²) in [5, 5.41) is 7.40. The Bertz CT molecular complexity index is 452. The maximum absolute atomic E-state index is 5.59. The third-order valence-corrected chi connectivity index (χ3v) is 2.34. The summed E-state index contributed by atoms with van der Waals surface area (Å²) in [5.41, 5.74) is 7.88. The fourth-order valence-electron chi connectivity index (χ4n) is 1.38. The van der Waals surface area contributed by atoms with E-state index in [1.54, 1.807) is 11.7 Å². The highest BCUT2D eigenvalue weighted by Gasteiger charge is 2.02. The fourth-order valence-corrected chi connectivity index (χ4v) is 1.38. The van der Waals surface area contributed by atoms with Crippen LogP contribution in [0, 0.1) is 6.92 Å². The Morgan fingerprint density at radius 3 is 2.56 bits per heavy atom. The molecule has 0 bridgehead atoms. The number of aryl methyl sites for hydroxylation is 2. The van der Waals surface area contributed by atoms with Crippen molar-refractivity contribution < 1.29 is 0 Å². The number of benzene rings is 1. The van der Waals surface area contributed by atoms with Crippen LogP contribution in [-0.2, 0) is 13.6 Å². The van der Waals surface area contributed by atoms with Gasteiger partial charge in [-0.1, -0.05) is 17.7 Å². The van der Waals surface area contributed by atoms with Gasteiger partial charge in [-0.05, 0) is 19.1 Å². The van der Waals surface area contributed by atoms with Crippen molar-refractivity contribution in [1.82, 2.24) is 14.8 Å². The lowest BCUT2D eigenvalue weighted by Crippen LogP contribution is -2.02. The molecule has 0 saturated heterocycles. The summed E-state index contributed by atoms with van der Waals surface area (Å²) in [6.07, 6.45) is 0. The van der Waals surface area contributed by atoms with Gasteiger partial charge in [0.15, 0.2) is 5.82 Å². The average molecular weight is 217 g/mol. The van der Waals surface area contributed by atoms with E-state index in [0.717, 1.165) is 5.69 Å². The molecule has 1 aromatic carbocycles. The molecule has 0 aliphatic heterocycles. The Labute approximate surface area is 94.3 Å². The highest BCUT2D eigenvalue weighted by Crippen LogP contribution is 2.09. The van der Waals surface area contributed by atoms with E-state index in [2.05, 4.69) is 34.5 Å². The molecule has 16 heavy (non-hydrogen) atoms. The SMILES string of the molecule is Cc1ccc(NCc2nc(N)n(C)n2)cc1. The van der Waals surface area contributed by atoms with E-state index < -0.39 is 0 Å². The average Bonchev–Trinajstić information content (AvgIpc) is 2.58. The van der Waals surface area contributed by atoms with Crippen LogP contribution in [0.5, 0.6) is 0 Å². The summed E-state index contributed by atoms with van der Waals surface area (Å²) >= 11 is 0. The highest BCUT2D eigenvalue weighted by molar-refractivity contribution is 5.44. The van der Waals surface area contributed by atoms with Gasteiger partial charge in [-0.15, -0.1) is 0 Å². The Morgan fingerprint density at radius 1 is 1.31 bits per heavy atom. The molecule has 1 aromatic heterocycles. The van der Waals surface area contributed by atoms with Gasteiger partial charge in [-0.2, -0.15) is 10.1 Å². The van der Waals surface area contributed by atoms with E-state index in [0.29, 0.717) is 18.3 Å². The third kappa shape index (κ3) is 2.31. The first-order valence-corrected chi connectivity index (χ1v) is 5.11. The van der Waals surface area contributed by atoms with Crippen LogP contribution in [0.4, 0.5) is 11.6 Å². The van der Waals surface area contributed by atoms with Crippen molar-refractivity contribution in [2.45, 2.75) is 13.5 Å². The van der Waals surface area contributed by atoms with Crippen molar-refractivity contribution in [3.63, 3.8) is 0 Å². The fraction of sp³-hybridized carbons (Fsp3) is 0.273. The Morgan fingerprint density at radius 2 is 2.00 bits per heavy atom. The maximum Gasteiger partial charge on any atom is 0.218 e. The summed E-state index contributed by atoms with van der Waals surface area (Å²) in [6, 6.07) is 8.17. The lowest BCUT2D eigenvalue weighted by Gasteiger charge is -2.03. The van der Waals surface area contributed by atoms with Gasteiger partial charge in [0, 0.05) is 12.7 Å². The summed E-state index contributed by atoms with van der Waals surface area (Å²) in [4.78, 5) is 4.11. The molecule has 0 fully saturated rings. The second-order valence-corrected chi connectivity index (χ2v) is 3.73. The van der Waals surface area contributed by atoms with Crippen molar-refractivity contribution in [1.29, 1.82) is 0 Å². The van der Waals surface area contributed by atoms with Gasteiger partial charge in [0.05, 0.1) is 6.54 Å². The first kappa shape index (κ1) is 10.5. The Balaban J connectivity index is 1.99. The van der Waals surface area contributed by atoms with Crippen molar-refractivity contribution in [3.05, 3.63) is 35.7 Å². The smallest absolute Gasteiger partial charge is 0.218 e. The molecule has 0 radical (unpaired) electrons. The number of nitrogens with zero attached hydrogens (tertiary/aromatic N) is 3. The van der Waals surface area contributed by atoms with Crippen LogP contribution in [0.2, 0.25) is 0 Å². The molecular formula is C11H15N5. The quantitative estimate of drug-likeness (QED) is 0.813. The van der Waals surface area contributed by atoms with Crippen molar-refractivity contribution in [3.8, 4) is 0 Å². The summed E-state index contributed by atoms with van der Waals surface area (Å²) in [6.45, 7) is 2.64. The van der Waals surface area contributed by atoms with Crippen LogP contribution < -0.4 is 11.1 Å². The van der Waals surface area contributed by atoms with E-state index in [1.807, 2.05) is 12.1 Å². The third-order valence-electron chi connectivity index (χ3n) is 2.34. The topological polar surface area (TPSA) is 68.8 Å². The van der Waals surface area contributed by atoms with Crippen LogP contribution in [-0.4, -0.2) is 14.8 Å². The predicted molar refractivity (Wildman–Crippen MR) is 63.9 cm³/mol. The van der Waals surface area contributed by atoms with Crippen molar-refractivity contribution >= 4 is 11.6 Å². The van der Waals surface area contributed by atoms with Gasteiger partial charge in [-0.3, -0.25) is 0 Å². The molecule has 0 atom stereocenters. The van der Waals surface area contributed by atoms with Gasteiger partial charge < -0.3 is 11.1 Å². The second-order valence-electron chi connectivity index (χ2n) is 3.73. The molecule has 0 amide bonds. The maximum atomic E-state index is 5.59. The minimum atomic E-state index is 0.431. The Hall–Kier alpha value is -2.04. The number of nitrogens with two attached hydrogens (primary N) is 1. The van der Waals surface area contributed by atoms with E-state index >= 15 is 0 Å². The number of nitrogen functional groups attached to an aromatic ring is 1. The summed E-state index contributed by atoms with van der Waals surface area (Å²) in [5.74, 6) is 1.13. The van der Waals surface area contributed by atoms with E-state index in [4.69, 9.17) is 5.73 Å². The first-order chi connectivity index (χ1) is 7.65. The summed E-state index contributed by atoms with van der Waals surface area (Å²) in [7, 11) is 1.78. The zero-order valence-corrected chi connectivity index (χ0v) is 9.44. The van der Waals surface area contributed by atoms with Gasteiger partial charge in [0.2, 0.25) is 5.95 Å². The Kier molecular flexibility index (Phi) is 2.76. The molecule has 2 rings (SSSR count). The van der Waals surface area contributed by atoms with Gasteiger partial charge >= 0.3 is 0 Å². The summed E-state index contributed by atoms with van der Waals surface area (Å²) < 4.78 is 1.56. The van der Waals surface area contributed by atoms with E-state index in [1.165, 1.54) is 5.56 Å². The van der Waals surface area contributed by atoms with Crippen molar-refractivity contribution in [2.24, 2.45) is 7.05 Å². The van der Waals surface area contributed by atoms with Crippen LogP contribution in [0.25, 0.3) is 0 Å². The van der Waals surface area contributed by atoms with Gasteiger partial charge in [0.25, 0.3) is 0 Å². The predicted octanol–water partition coefficient (Wildman–Crippen LogP) is 1.32. The number of aromatic nitrogens is 3. The molecular weight excluding hydrogens is 202 g/mol. The van der Waals surface area contributed by atoms with Gasteiger partial charge in [-0.25, -0.2) is 4.68 Å². The number of rotatable bonds is 3. The molecule has 5 heteroatoms. The van der Waals surface area contributed by atoms with Crippen LogP contribution >= 0.6 is 0 Å². The standard InChI is InChI=1S/C11H15N5/c1-8-3-5-9(6-4-8)13-7-10-14-11(12)16(2)15-10/h3-6,13H,7H2,1-2H3,(H2,12,14,15). The minimum absolute atomic E-state index is 0.431. The number of anilines is 2. The largest absolute Gasteiger partial charge is 0.378 e. The molecule has 2 aromatic rings. The molecule has 5 nitrogen and oxygen atoms in total. The lowest BCUT2D eigenvalue weighted by molar-refractivity contribution is 0.756. The number of hydrogen-bond donors (Lipinski definition) is 2. The van der Waals surface area contributed by atoms with E-state index in [9.17, 15) is 0 Å². The molecule has 0 aliphatic carbocycles. The highest BCUT2D eigenvalue weighted by atomic mass is 15.4. The second kappa shape index (κ2) is 4.22. The van der Waals surface area contributed by atoms with Crippen LogP contribution in [0.15, 0.2) is 24.3 Å². The molecule has 1 heterocycles. The monoisotopic (exact) mass is 217 g/mol. The molecule has 84 valence electrons. The molecule has 0 aliphatic rings. The lowest BCUT2D eigenvalue weighted by atomic mass is 10.2. The van der Waals surface area contributed by atoms with Crippen molar-refractivity contribution in [2.75, 3.05) is 11.1 Å². The minimum Gasteiger partial charge on any atom is -0.378 e. The van der Waals surface area contributed by atoms with Gasteiger partial charge in [0.1, 0.15) is 0 Å². The van der Waals surface area contributed by atoms with E-state index in [-0.39, 0.29) is 0 Å². The molecule has 0 unspecified atom stereocenters. The first-order valence-electron chi connectivity index (χ1n) is 5.11. The zero-order valence-electron chi connectivity index (χ0n) is 9.44. The normalized spacial score (nSPS) is 10.4. The van der Waals surface area contributed by atoms with Crippen LogP contribution in [0.1, 0.15) is 11.4 Å². The van der Waals surface area contributed by atoms with Crippen LogP contribution in [0.3, 0.4) is 0 Å². The molecule has 3 N–H and O–H groups in total.